The number of hydrogen-bond donors (Lipinski definition) is 2. The van der Waals surface area contributed by atoms with E-state index in [9.17, 15) is 4.79 Å². The number of carbonyl (C=O) groups is 1. The van der Waals surface area contributed by atoms with Crippen LogP contribution in [0.15, 0.2) is 18.2 Å². The van der Waals surface area contributed by atoms with Gasteiger partial charge in [-0.25, -0.2) is 0 Å². The largest absolute Gasteiger partial charge is 0.384 e. The molecule has 4 nitrogen and oxygen atoms in total. The Bertz CT molecular complexity index is 466. The molecule has 1 aromatic carbocycles. The summed E-state index contributed by atoms with van der Waals surface area (Å²) < 4.78 is 0. The van der Waals surface area contributed by atoms with Crippen molar-refractivity contribution in [2.24, 2.45) is 0 Å². The van der Waals surface area contributed by atoms with Gasteiger partial charge in [-0.3, -0.25) is 4.79 Å². The first-order valence-electron chi connectivity index (χ1n) is 7.20. The molecule has 0 radical (unpaired) electrons. The molecular weight excluding hydrogens is 238 g/mol. The third kappa shape index (κ3) is 2.89. The van der Waals surface area contributed by atoms with Crippen LogP contribution < -0.4 is 10.6 Å². The molecule has 0 saturated carbocycles. The molecule has 2 aliphatic rings. The second-order valence-corrected chi connectivity index (χ2v) is 5.35. The second kappa shape index (κ2) is 5.61. The van der Waals surface area contributed by atoms with Crippen molar-refractivity contribution in [3.8, 4) is 0 Å². The maximum absolute atomic E-state index is 12.1. The van der Waals surface area contributed by atoms with Crippen LogP contribution in [0.4, 0.5) is 5.69 Å². The number of benzene rings is 1. The lowest BCUT2D eigenvalue weighted by Gasteiger charge is -2.14. The highest BCUT2D eigenvalue weighted by Crippen LogP contribution is 2.23. The van der Waals surface area contributed by atoms with Gasteiger partial charge in [0, 0.05) is 30.9 Å². The van der Waals surface area contributed by atoms with Crippen LogP contribution in [-0.4, -0.2) is 43.5 Å². The van der Waals surface area contributed by atoms with Gasteiger partial charge in [-0.05, 0) is 50.0 Å². The second-order valence-electron chi connectivity index (χ2n) is 5.35. The minimum absolute atomic E-state index is 0.0377. The molecule has 0 spiro atoms. The van der Waals surface area contributed by atoms with Gasteiger partial charge in [0.1, 0.15) is 0 Å². The van der Waals surface area contributed by atoms with Crippen LogP contribution in [0.5, 0.6) is 0 Å². The summed E-state index contributed by atoms with van der Waals surface area (Å²) in [5.74, 6) is 0.0377. The Morgan fingerprint density at radius 1 is 1.32 bits per heavy atom. The molecule has 4 heteroatoms. The molecule has 1 fully saturated rings. The van der Waals surface area contributed by atoms with Crippen LogP contribution in [-0.2, 0) is 6.42 Å². The van der Waals surface area contributed by atoms with Gasteiger partial charge in [0.2, 0.25) is 0 Å². The third-order valence-electron chi connectivity index (χ3n) is 3.99. The van der Waals surface area contributed by atoms with Crippen molar-refractivity contribution in [2.75, 3.05) is 38.0 Å². The Morgan fingerprint density at radius 3 is 3.00 bits per heavy atom. The molecule has 102 valence electrons. The molecule has 0 bridgehead atoms. The van der Waals surface area contributed by atoms with E-state index in [1.165, 1.54) is 31.5 Å². The van der Waals surface area contributed by atoms with E-state index in [0.717, 1.165) is 37.3 Å². The summed E-state index contributed by atoms with van der Waals surface area (Å²) in [5, 5.41) is 6.32. The Hall–Kier alpha value is -1.55. The monoisotopic (exact) mass is 259 g/mol. The predicted molar refractivity (Wildman–Crippen MR) is 76.6 cm³/mol. The zero-order valence-corrected chi connectivity index (χ0v) is 11.2. The van der Waals surface area contributed by atoms with Crippen molar-refractivity contribution < 1.29 is 4.79 Å². The Labute approximate surface area is 114 Å². The first-order valence-corrected chi connectivity index (χ1v) is 7.20. The van der Waals surface area contributed by atoms with Gasteiger partial charge >= 0.3 is 0 Å². The minimum Gasteiger partial charge on any atom is -0.384 e. The number of nitrogens with one attached hydrogen (secondary N) is 2. The average molecular weight is 259 g/mol. The van der Waals surface area contributed by atoms with Crippen molar-refractivity contribution >= 4 is 11.6 Å². The topological polar surface area (TPSA) is 44.4 Å². The number of amides is 1. The lowest BCUT2D eigenvalue weighted by molar-refractivity contribution is 0.0950. The number of nitrogens with zero attached hydrogens (tertiary/aromatic N) is 1. The Morgan fingerprint density at radius 2 is 2.16 bits per heavy atom. The highest BCUT2D eigenvalue weighted by atomic mass is 16.1. The van der Waals surface area contributed by atoms with Crippen LogP contribution in [0.2, 0.25) is 0 Å². The highest BCUT2D eigenvalue weighted by molar-refractivity contribution is 5.95. The zero-order valence-electron chi connectivity index (χ0n) is 11.2. The Balaban J connectivity index is 1.52. The van der Waals surface area contributed by atoms with Gasteiger partial charge < -0.3 is 15.5 Å². The van der Waals surface area contributed by atoms with E-state index in [1.807, 2.05) is 12.1 Å². The van der Waals surface area contributed by atoms with Crippen LogP contribution in [0.3, 0.4) is 0 Å². The summed E-state index contributed by atoms with van der Waals surface area (Å²) in [6.45, 7) is 5.05. The summed E-state index contributed by atoms with van der Waals surface area (Å²) in [5.41, 5.74) is 3.19. The predicted octanol–water partition coefficient (Wildman–Crippen LogP) is 1.48. The molecule has 2 heterocycles. The van der Waals surface area contributed by atoms with Gasteiger partial charge in [0.15, 0.2) is 0 Å². The maximum Gasteiger partial charge on any atom is 0.251 e. The lowest BCUT2D eigenvalue weighted by Crippen LogP contribution is -2.33. The van der Waals surface area contributed by atoms with E-state index < -0.39 is 0 Å². The first-order chi connectivity index (χ1) is 9.33. The highest BCUT2D eigenvalue weighted by Gasteiger charge is 2.14. The lowest BCUT2D eigenvalue weighted by atomic mass is 10.1. The summed E-state index contributed by atoms with van der Waals surface area (Å²) in [7, 11) is 0. The maximum atomic E-state index is 12.1. The molecule has 0 aliphatic carbocycles. The standard InChI is InChI=1S/C15H21N3O/c19-15(17-7-10-18-8-1-2-9-18)13-4-3-12-5-6-16-14(12)11-13/h3-4,11,16H,1-2,5-10H2,(H,17,19). The van der Waals surface area contributed by atoms with E-state index in [-0.39, 0.29) is 5.91 Å². The summed E-state index contributed by atoms with van der Waals surface area (Å²) >= 11 is 0. The number of carbonyl (C=O) groups excluding carboxylic acids is 1. The number of fused-ring (bicyclic) bond motifs is 1. The van der Waals surface area contributed by atoms with E-state index in [1.54, 1.807) is 0 Å². The van der Waals surface area contributed by atoms with Crippen LogP contribution in [0.1, 0.15) is 28.8 Å². The summed E-state index contributed by atoms with van der Waals surface area (Å²) in [6.07, 6.45) is 3.65. The van der Waals surface area contributed by atoms with E-state index >= 15 is 0 Å². The smallest absolute Gasteiger partial charge is 0.251 e. The molecule has 0 aromatic heterocycles. The van der Waals surface area contributed by atoms with Gasteiger partial charge in [-0.2, -0.15) is 0 Å². The molecule has 1 saturated heterocycles. The van der Waals surface area contributed by atoms with Crippen LogP contribution >= 0.6 is 0 Å². The quantitative estimate of drug-likeness (QED) is 0.861. The molecule has 3 rings (SSSR count). The molecule has 2 N–H and O–H groups in total. The summed E-state index contributed by atoms with van der Waals surface area (Å²) in [6, 6.07) is 5.95. The van der Waals surface area contributed by atoms with Crippen molar-refractivity contribution in [1.82, 2.24) is 10.2 Å². The molecule has 0 unspecified atom stereocenters. The zero-order chi connectivity index (χ0) is 13.1. The SMILES string of the molecule is O=C(NCCN1CCCC1)c1ccc2c(c1)NCC2. The Kier molecular flexibility index (Phi) is 3.69. The van der Waals surface area contributed by atoms with Crippen LogP contribution in [0, 0.1) is 0 Å². The normalized spacial score (nSPS) is 18.1. The van der Waals surface area contributed by atoms with Gasteiger partial charge in [0.05, 0.1) is 0 Å². The third-order valence-corrected chi connectivity index (χ3v) is 3.99. The van der Waals surface area contributed by atoms with Crippen LogP contribution in [0.25, 0.3) is 0 Å². The van der Waals surface area contributed by atoms with Gasteiger partial charge in [0.25, 0.3) is 5.91 Å². The van der Waals surface area contributed by atoms with Crippen molar-refractivity contribution in [1.29, 1.82) is 0 Å². The number of likely N-dealkylation sites (tertiary alicyclic amines) is 1. The molecule has 19 heavy (non-hydrogen) atoms. The molecule has 2 aliphatic heterocycles. The molecule has 1 amide bonds. The van der Waals surface area contributed by atoms with Crippen molar-refractivity contribution in [3.63, 3.8) is 0 Å². The number of hydrogen-bond acceptors (Lipinski definition) is 3. The number of rotatable bonds is 4. The first kappa shape index (κ1) is 12.5. The summed E-state index contributed by atoms with van der Waals surface area (Å²) in [4.78, 5) is 14.5. The van der Waals surface area contributed by atoms with Crippen molar-refractivity contribution in [2.45, 2.75) is 19.3 Å². The fourth-order valence-corrected chi connectivity index (χ4v) is 2.87. The van der Waals surface area contributed by atoms with Gasteiger partial charge in [-0.15, -0.1) is 0 Å². The fourth-order valence-electron chi connectivity index (χ4n) is 2.87. The van der Waals surface area contributed by atoms with E-state index in [0.29, 0.717) is 0 Å². The van der Waals surface area contributed by atoms with E-state index in [2.05, 4.69) is 21.6 Å². The van der Waals surface area contributed by atoms with Crippen molar-refractivity contribution in [3.05, 3.63) is 29.3 Å². The van der Waals surface area contributed by atoms with E-state index in [4.69, 9.17) is 0 Å². The molecular formula is C15H21N3O. The molecule has 0 atom stereocenters. The van der Waals surface area contributed by atoms with Gasteiger partial charge in [-0.1, -0.05) is 6.07 Å². The fraction of sp³-hybridized carbons (Fsp3) is 0.533. The minimum atomic E-state index is 0.0377. The molecule has 1 aromatic rings. The average Bonchev–Trinajstić information content (AvgIpc) is 3.08. The number of anilines is 1.